The average molecular weight is 336 g/mol. The van der Waals surface area contributed by atoms with E-state index in [0.717, 1.165) is 16.7 Å². The maximum Gasteiger partial charge on any atom is 0.253 e. The zero-order valence-corrected chi connectivity index (χ0v) is 14.2. The third kappa shape index (κ3) is 3.35. The van der Waals surface area contributed by atoms with E-state index in [-0.39, 0.29) is 5.91 Å². The molecule has 0 aliphatic heterocycles. The number of aromatic amines is 1. The van der Waals surface area contributed by atoms with Crippen molar-refractivity contribution in [3.63, 3.8) is 0 Å². The van der Waals surface area contributed by atoms with Crippen molar-refractivity contribution in [1.29, 1.82) is 0 Å². The van der Waals surface area contributed by atoms with E-state index in [1.165, 1.54) is 0 Å². The van der Waals surface area contributed by atoms with Crippen LogP contribution in [0.1, 0.15) is 24.2 Å². The number of carbonyl (C=O) groups excluding carboxylic acids is 1. The summed E-state index contributed by atoms with van der Waals surface area (Å²) in [6.45, 7) is 5.35. The molecular formula is C18H20N6O. The highest BCUT2D eigenvalue weighted by atomic mass is 16.2. The van der Waals surface area contributed by atoms with Crippen LogP contribution in [-0.2, 0) is 0 Å². The first kappa shape index (κ1) is 16.6. The predicted octanol–water partition coefficient (Wildman–Crippen LogP) is 2.60. The fourth-order valence-corrected chi connectivity index (χ4v) is 2.73. The van der Waals surface area contributed by atoms with Crippen molar-refractivity contribution in [2.24, 2.45) is 0 Å². The van der Waals surface area contributed by atoms with E-state index in [1.54, 1.807) is 4.90 Å². The highest BCUT2D eigenvalue weighted by molar-refractivity contribution is 5.94. The molecule has 0 spiro atoms. The summed E-state index contributed by atoms with van der Waals surface area (Å²) < 4.78 is 0. The van der Waals surface area contributed by atoms with Crippen LogP contribution in [0.4, 0.5) is 5.69 Å². The Labute approximate surface area is 145 Å². The van der Waals surface area contributed by atoms with E-state index in [1.807, 2.05) is 56.3 Å². The normalized spacial score (nSPS) is 10.6. The van der Waals surface area contributed by atoms with Gasteiger partial charge in [0.15, 0.2) is 5.82 Å². The predicted molar refractivity (Wildman–Crippen MR) is 96.7 cm³/mol. The van der Waals surface area contributed by atoms with Crippen molar-refractivity contribution in [2.75, 3.05) is 18.8 Å². The number of rotatable bonds is 5. The van der Waals surface area contributed by atoms with Gasteiger partial charge in [0.25, 0.3) is 5.91 Å². The summed E-state index contributed by atoms with van der Waals surface area (Å²) in [7, 11) is 0. The van der Waals surface area contributed by atoms with Gasteiger partial charge in [0.05, 0.1) is 0 Å². The second-order valence-corrected chi connectivity index (χ2v) is 5.61. The lowest BCUT2D eigenvalue weighted by molar-refractivity contribution is 0.0773. The largest absolute Gasteiger partial charge is 0.398 e. The van der Waals surface area contributed by atoms with Gasteiger partial charge in [-0.3, -0.25) is 4.79 Å². The molecule has 7 nitrogen and oxygen atoms in total. The molecule has 0 saturated carbocycles. The van der Waals surface area contributed by atoms with Crippen LogP contribution in [0.5, 0.6) is 0 Å². The van der Waals surface area contributed by atoms with Gasteiger partial charge in [0, 0.05) is 29.9 Å². The van der Waals surface area contributed by atoms with E-state index in [0.29, 0.717) is 30.2 Å². The molecule has 0 aliphatic rings. The lowest BCUT2D eigenvalue weighted by Crippen LogP contribution is -2.30. The highest BCUT2D eigenvalue weighted by Gasteiger charge is 2.13. The molecule has 0 atom stereocenters. The minimum absolute atomic E-state index is 0.0456. The molecule has 3 rings (SSSR count). The van der Waals surface area contributed by atoms with Gasteiger partial charge < -0.3 is 10.6 Å². The summed E-state index contributed by atoms with van der Waals surface area (Å²) in [6.07, 6.45) is 0. The number of nitrogens with two attached hydrogens (primary N) is 1. The van der Waals surface area contributed by atoms with Crippen LogP contribution in [0.25, 0.3) is 22.5 Å². The number of anilines is 1. The molecule has 1 heterocycles. The van der Waals surface area contributed by atoms with Gasteiger partial charge >= 0.3 is 0 Å². The van der Waals surface area contributed by atoms with Gasteiger partial charge in [-0.05, 0) is 59.7 Å². The number of tetrazole rings is 1. The first-order valence-electron chi connectivity index (χ1n) is 8.17. The van der Waals surface area contributed by atoms with Crippen molar-refractivity contribution >= 4 is 11.6 Å². The summed E-state index contributed by atoms with van der Waals surface area (Å²) in [6, 6.07) is 13.3. The quantitative estimate of drug-likeness (QED) is 0.697. The number of H-pyrrole nitrogens is 1. The van der Waals surface area contributed by atoms with E-state index in [4.69, 9.17) is 5.73 Å². The SMILES string of the molecule is CCN(CC)C(=O)c1ccc(-c2ccc(-c3nnn[nH]3)c(N)c2)cc1. The molecule has 2 aromatic carbocycles. The second kappa shape index (κ2) is 7.12. The molecule has 0 fully saturated rings. The smallest absolute Gasteiger partial charge is 0.253 e. The maximum atomic E-state index is 12.4. The lowest BCUT2D eigenvalue weighted by Gasteiger charge is -2.18. The Hall–Kier alpha value is -3.22. The molecule has 0 aliphatic carbocycles. The average Bonchev–Trinajstić information content (AvgIpc) is 3.17. The second-order valence-electron chi connectivity index (χ2n) is 5.61. The van der Waals surface area contributed by atoms with Gasteiger partial charge in [0.1, 0.15) is 0 Å². The van der Waals surface area contributed by atoms with Crippen LogP contribution < -0.4 is 5.73 Å². The lowest BCUT2D eigenvalue weighted by atomic mass is 10.0. The number of carbonyl (C=O) groups is 1. The van der Waals surface area contributed by atoms with Crippen LogP contribution in [0.15, 0.2) is 42.5 Å². The van der Waals surface area contributed by atoms with Gasteiger partial charge in [-0.15, -0.1) is 5.10 Å². The summed E-state index contributed by atoms with van der Waals surface area (Å²) in [5, 5.41) is 13.7. The first-order valence-corrected chi connectivity index (χ1v) is 8.17. The Morgan fingerprint density at radius 3 is 2.32 bits per heavy atom. The zero-order chi connectivity index (χ0) is 17.8. The molecule has 0 bridgehead atoms. The van der Waals surface area contributed by atoms with E-state index in [2.05, 4.69) is 20.6 Å². The molecule has 1 aromatic heterocycles. The van der Waals surface area contributed by atoms with Crippen LogP contribution in [0, 0.1) is 0 Å². The number of aromatic nitrogens is 4. The van der Waals surface area contributed by atoms with Gasteiger partial charge in [0.2, 0.25) is 0 Å². The molecule has 1 amide bonds. The molecule has 0 radical (unpaired) electrons. The Balaban J connectivity index is 1.85. The van der Waals surface area contributed by atoms with Crippen LogP contribution >= 0.6 is 0 Å². The van der Waals surface area contributed by atoms with Crippen molar-refractivity contribution in [1.82, 2.24) is 25.5 Å². The Kier molecular flexibility index (Phi) is 4.74. The van der Waals surface area contributed by atoms with Crippen molar-refractivity contribution in [3.05, 3.63) is 48.0 Å². The van der Waals surface area contributed by atoms with Crippen molar-refractivity contribution in [2.45, 2.75) is 13.8 Å². The third-order valence-corrected chi connectivity index (χ3v) is 4.17. The molecular weight excluding hydrogens is 316 g/mol. The molecule has 3 aromatic rings. The van der Waals surface area contributed by atoms with Crippen LogP contribution in [-0.4, -0.2) is 44.5 Å². The fraction of sp³-hybridized carbons (Fsp3) is 0.222. The van der Waals surface area contributed by atoms with E-state index >= 15 is 0 Å². The number of hydrogen-bond acceptors (Lipinski definition) is 5. The number of hydrogen-bond donors (Lipinski definition) is 2. The standard InChI is InChI=1S/C18H20N6O/c1-3-24(4-2)18(25)13-7-5-12(6-8-13)14-9-10-15(16(19)11-14)17-20-22-23-21-17/h5-11H,3-4,19H2,1-2H3,(H,20,21,22,23). The third-order valence-electron chi connectivity index (χ3n) is 4.17. The Bertz CT molecular complexity index is 854. The minimum atomic E-state index is 0.0456. The molecule has 25 heavy (non-hydrogen) atoms. The Morgan fingerprint density at radius 1 is 1.08 bits per heavy atom. The van der Waals surface area contributed by atoms with Crippen molar-refractivity contribution in [3.8, 4) is 22.5 Å². The highest BCUT2D eigenvalue weighted by Crippen LogP contribution is 2.28. The number of nitrogens with one attached hydrogen (secondary N) is 1. The zero-order valence-electron chi connectivity index (χ0n) is 14.2. The van der Waals surface area contributed by atoms with Gasteiger partial charge in [-0.2, -0.15) is 0 Å². The van der Waals surface area contributed by atoms with Gasteiger partial charge in [-0.25, -0.2) is 5.10 Å². The number of nitrogen functional groups attached to an aromatic ring is 1. The molecule has 0 unspecified atom stereocenters. The molecule has 3 N–H and O–H groups in total. The molecule has 7 heteroatoms. The van der Waals surface area contributed by atoms with Crippen molar-refractivity contribution < 1.29 is 4.79 Å². The van der Waals surface area contributed by atoms with Gasteiger partial charge in [-0.1, -0.05) is 18.2 Å². The minimum Gasteiger partial charge on any atom is -0.398 e. The monoisotopic (exact) mass is 336 g/mol. The summed E-state index contributed by atoms with van der Waals surface area (Å²) in [5.41, 5.74) is 10.1. The van der Waals surface area contributed by atoms with Crippen LogP contribution in [0.3, 0.4) is 0 Å². The summed E-state index contributed by atoms with van der Waals surface area (Å²) in [4.78, 5) is 14.2. The number of nitrogens with zero attached hydrogens (tertiary/aromatic N) is 4. The van der Waals surface area contributed by atoms with Crippen LogP contribution in [0.2, 0.25) is 0 Å². The van der Waals surface area contributed by atoms with E-state index < -0.39 is 0 Å². The fourth-order valence-electron chi connectivity index (χ4n) is 2.73. The summed E-state index contributed by atoms with van der Waals surface area (Å²) >= 11 is 0. The topological polar surface area (TPSA) is 101 Å². The Morgan fingerprint density at radius 2 is 1.76 bits per heavy atom. The molecule has 0 saturated heterocycles. The first-order chi connectivity index (χ1) is 12.1. The number of benzene rings is 2. The number of amides is 1. The summed E-state index contributed by atoms with van der Waals surface area (Å²) in [5.74, 6) is 0.577. The molecule has 128 valence electrons. The van der Waals surface area contributed by atoms with E-state index in [9.17, 15) is 4.79 Å². The maximum absolute atomic E-state index is 12.4.